The van der Waals surface area contributed by atoms with Gasteiger partial charge in [0.25, 0.3) is 0 Å². The molecule has 4 aromatic rings. The van der Waals surface area contributed by atoms with Crippen molar-refractivity contribution < 1.29 is 33.3 Å². The maximum absolute atomic E-state index is 13.3. The molecule has 9 nitrogen and oxygen atoms in total. The fraction of sp³-hybridized carbons (Fsp3) is 0.133. The Morgan fingerprint density at radius 1 is 0.897 bits per heavy atom. The molecule has 3 aromatic carbocycles. The molecule has 0 N–H and O–H groups in total. The zero-order valence-corrected chi connectivity index (χ0v) is 21.0. The molecule has 0 amide bonds. The highest BCUT2D eigenvalue weighted by atomic mass is 16.5. The molecule has 1 aromatic heterocycles. The number of nitrogens with zero attached hydrogens (tertiary/aromatic N) is 2. The number of methoxy groups -OCH3 is 2. The molecule has 0 radical (unpaired) electrons. The van der Waals surface area contributed by atoms with Crippen LogP contribution in [-0.2, 0) is 4.79 Å². The minimum atomic E-state index is -0.426. The number of hydrogen-bond donors (Lipinski definition) is 0. The number of hydrogen-bond acceptors (Lipinski definition) is 9. The summed E-state index contributed by atoms with van der Waals surface area (Å²) in [6.45, 7) is 0. The van der Waals surface area contributed by atoms with Gasteiger partial charge < -0.3 is 23.7 Å². The van der Waals surface area contributed by atoms with Crippen LogP contribution >= 0.6 is 0 Å². The van der Waals surface area contributed by atoms with Crippen molar-refractivity contribution in [2.75, 3.05) is 14.2 Å². The van der Waals surface area contributed by atoms with E-state index in [1.165, 1.54) is 0 Å². The first-order chi connectivity index (χ1) is 19.0. The molecule has 0 saturated carbocycles. The molecule has 0 fully saturated rings. The van der Waals surface area contributed by atoms with Gasteiger partial charge in [-0.25, -0.2) is 9.97 Å². The molecule has 9 heteroatoms. The van der Waals surface area contributed by atoms with Crippen LogP contribution in [0.1, 0.15) is 39.4 Å². The molecule has 0 bridgehead atoms. The van der Waals surface area contributed by atoms with Crippen molar-refractivity contribution in [3.8, 4) is 34.8 Å². The number of carbonyl (C=O) groups is 2. The molecular weight excluding hydrogens is 500 g/mol. The van der Waals surface area contributed by atoms with Crippen LogP contribution in [0.3, 0.4) is 0 Å². The first-order valence-corrected chi connectivity index (χ1v) is 12.1. The van der Waals surface area contributed by atoms with E-state index in [-0.39, 0.29) is 29.9 Å². The number of Topliss-reactive ketones (excluding diaryl/α,β-unsaturated/α-hetero) is 1. The molecule has 194 valence electrons. The van der Waals surface area contributed by atoms with Crippen molar-refractivity contribution in [3.63, 3.8) is 0 Å². The largest absolute Gasteiger partial charge is 0.493 e. The highest BCUT2D eigenvalue weighted by Crippen LogP contribution is 2.49. The van der Waals surface area contributed by atoms with Crippen LogP contribution < -0.4 is 23.7 Å². The lowest BCUT2D eigenvalue weighted by atomic mass is 9.84. The van der Waals surface area contributed by atoms with Crippen LogP contribution in [0.4, 0.5) is 0 Å². The summed E-state index contributed by atoms with van der Waals surface area (Å²) in [6.07, 6.45) is 4.89. The Hall–Kier alpha value is -5.18. The summed E-state index contributed by atoms with van der Waals surface area (Å²) < 4.78 is 28.2. The quantitative estimate of drug-likeness (QED) is 0.188. The second kappa shape index (κ2) is 9.94. The predicted molar refractivity (Wildman–Crippen MR) is 140 cm³/mol. The van der Waals surface area contributed by atoms with Crippen molar-refractivity contribution in [2.24, 2.45) is 0 Å². The Morgan fingerprint density at radius 2 is 1.72 bits per heavy atom. The van der Waals surface area contributed by atoms with Gasteiger partial charge in [-0.15, -0.1) is 0 Å². The van der Waals surface area contributed by atoms with Crippen molar-refractivity contribution in [2.45, 2.75) is 12.3 Å². The molecule has 0 spiro atoms. The van der Waals surface area contributed by atoms with Crippen LogP contribution in [0, 0.1) is 0 Å². The maximum Gasteiger partial charge on any atom is 0.321 e. The number of allylic oxidation sites excluding steroid dienone is 1. The second-order valence-corrected chi connectivity index (χ2v) is 8.84. The molecule has 0 aliphatic carbocycles. The number of rotatable bonds is 6. The average Bonchev–Trinajstić information content (AvgIpc) is 3.27. The lowest BCUT2D eigenvalue weighted by molar-refractivity contribution is -0.135. The van der Waals surface area contributed by atoms with E-state index in [0.29, 0.717) is 45.4 Å². The number of ether oxygens (including phenoxy) is 5. The van der Waals surface area contributed by atoms with Crippen molar-refractivity contribution in [1.29, 1.82) is 0 Å². The Morgan fingerprint density at radius 3 is 2.51 bits per heavy atom. The van der Waals surface area contributed by atoms with Gasteiger partial charge in [0.2, 0.25) is 5.78 Å². The van der Waals surface area contributed by atoms with Crippen LogP contribution in [0.5, 0.6) is 34.8 Å². The highest BCUT2D eigenvalue weighted by Gasteiger charge is 2.38. The number of fused-ring (bicyclic) bond motifs is 3. The van der Waals surface area contributed by atoms with Crippen LogP contribution in [0.15, 0.2) is 78.8 Å². The zero-order valence-electron chi connectivity index (χ0n) is 21.0. The average molecular weight is 523 g/mol. The van der Waals surface area contributed by atoms with E-state index in [1.54, 1.807) is 75.2 Å². The summed E-state index contributed by atoms with van der Waals surface area (Å²) in [5.41, 5.74) is 2.52. The van der Waals surface area contributed by atoms with Crippen LogP contribution in [0.2, 0.25) is 0 Å². The lowest BCUT2D eigenvalue weighted by Crippen LogP contribution is -2.21. The maximum atomic E-state index is 13.3. The second-order valence-electron chi connectivity index (χ2n) is 8.84. The summed E-state index contributed by atoms with van der Waals surface area (Å²) >= 11 is 0. The van der Waals surface area contributed by atoms with Gasteiger partial charge in [0, 0.05) is 23.9 Å². The van der Waals surface area contributed by atoms with Crippen molar-refractivity contribution >= 4 is 17.8 Å². The first kappa shape index (κ1) is 24.2. The summed E-state index contributed by atoms with van der Waals surface area (Å²) in [4.78, 5) is 34.1. The summed E-state index contributed by atoms with van der Waals surface area (Å²) in [5.74, 6) is 1.43. The molecule has 0 saturated heterocycles. The number of ketones is 1. The third-order valence-corrected chi connectivity index (χ3v) is 6.50. The normalized spacial score (nSPS) is 16.7. The van der Waals surface area contributed by atoms with E-state index in [9.17, 15) is 9.59 Å². The van der Waals surface area contributed by atoms with Gasteiger partial charge in [-0.2, -0.15) is 0 Å². The van der Waals surface area contributed by atoms with Gasteiger partial charge in [-0.05, 0) is 59.7 Å². The molecule has 0 unspecified atom stereocenters. The Balaban J connectivity index is 1.38. The number of esters is 1. The predicted octanol–water partition coefficient (Wildman–Crippen LogP) is 5.34. The number of aromatic nitrogens is 2. The van der Waals surface area contributed by atoms with E-state index in [4.69, 9.17) is 23.7 Å². The minimum absolute atomic E-state index is 0.0705. The fourth-order valence-corrected chi connectivity index (χ4v) is 4.72. The summed E-state index contributed by atoms with van der Waals surface area (Å²) in [7, 11) is 3.10. The Kier molecular flexibility index (Phi) is 6.16. The number of benzene rings is 3. The topological polar surface area (TPSA) is 106 Å². The van der Waals surface area contributed by atoms with Gasteiger partial charge in [0.15, 0.2) is 17.3 Å². The lowest BCUT2D eigenvalue weighted by Gasteiger charge is -2.26. The summed E-state index contributed by atoms with van der Waals surface area (Å²) in [6, 6.07) is 17.8. The van der Waals surface area contributed by atoms with E-state index in [1.807, 2.05) is 18.2 Å². The third kappa shape index (κ3) is 4.54. The minimum Gasteiger partial charge on any atom is -0.493 e. The first-order valence-electron chi connectivity index (χ1n) is 12.1. The van der Waals surface area contributed by atoms with Gasteiger partial charge in [0.1, 0.15) is 17.2 Å². The Bertz CT molecular complexity index is 1630. The molecule has 1 atom stereocenters. The monoisotopic (exact) mass is 522 g/mol. The van der Waals surface area contributed by atoms with Crippen molar-refractivity contribution in [3.05, 3.63) is 101 Å². The highest BCUT2D eigenvalue weighted by molar-refractivity contribution is 6.15. The fourth-order valence-electron chi connectivity index (χ4n) is 4.72. The van der Waals surface area contributed by atoms with E-state index in [2.05, 4.69) is 9.97 Å². The smallest absolute Gasteiger partial charge is 0.321 e. The standard InChI is InChI=1S/C30H22N2O7/c1-35-22-9-7-17(13-24(22)36-2)14-25-28(34)20-8-10-23-27(29(20)39-25)21(16-26(33)38-23)18-5-3-6-19(15-18)37-30-31-11-4-12-32-30/h3-15,21H,16H2,1-2H3/b25-14-/t21-/m0/s1. The molecule has 2 aliphatic heterocycles. The SMILES string of the molecule is COc1ccc(/C=C2\Oc3c(ccc4c3[C@H](c3cccc(Oc5ncccn5)c3)CC(=O)O4)C2=O)cc1OC. The zero-order chi connectivity index (χ0) is 26.9. The number of carbonyl (C=O) groups excluding carboxylic acids is 2. The molecular formula is C30H22N2O7. The summed E-state index contributed by atoms with van der Waals surface area (Å²) in [5, 5.41) is 0. The Labute approximate surface area is 223 Å². The van der Waals surface area contributed by atoms with Gasteiger partial charge >= 0.3 is 12.0 Å². The van der Waals surface area contributed by atoms with Gasteiger partial charge in [0.05, 0.1) is 26.2 Å². The van der Waals surface area contributed by atoms with E-state index >= 15 is 0 Å². The molecule has 6 rings (SSSR count). The van der Waals surface area contributed by atoms with Crippen LogP contribution in [-0.4, -0.2) is 35.9 Å². The van der Waals surface area contributed by atoms with Crippen LogP contribution in [0.25, 0.3) is 6.08 Å². The third-order valence-electron chi connectivity index (χ3n) is 6.50. The van der Waals surface area contributed by atoms with E-state index < -0.39 is 5.92 Å². The van der Waals surface area contributed by atoms with Crippen molar-refractivity contribution in [1.82, 2.24) is 9.97 Å². The van der Waals surface area contributed by atoms with Gasteiger partial charge in [-0.1, -0.05) is 18.2 Å². The molecule has 39 heavy (non-hydrogen) atoms. The molecule has 3 heterocycles. The molecule has 2 aliphatic rings. The van der Waals surface area contributed by atoms with Gasteiger partial charge in [-0.3, -0.25) is 9.59 Å². The van der Waals surface area contributed by atoms with E-state index in [0.717, 1.165) is 5.56 Å².